The molecule has 0 radical (unpaired) electrons. The fourth-order valence-corrected chi connectivity index (χ4v) is 6.34. The molecule has 0 saturated carbocycles. The van der Waals surface area contributed by atoms with Crippen LogP contribution < -0.4 is 11.2 Å². The van der Waals surface area contributed by atoms with Gasteiger partial charge in [0.1, 0.15) is 10.8 Å². The minimum atomic E-state index is -4.59. The molecule has 4 rings (SSSR count). The second-order valence-corrected chi connectivity index (χ2v) is 9.71. The van der Waals surface area contributed by atoms with Gasteiger partial charge in [-0.15, -0.1) is 0 Å². The molecular formula is C17H14ClF4N7S. The smallest absolute Gasteiger partial charge is 0.377 e. The van der Waals surface area contributed by atoms with Gasteiger partial charge in [-0.25, -0.2) is 9.07 Å². The number of benzene rings is 1. The molecule has 13 heteroatoms. The topological polar surface area (TPSA) is 96.9 Å². The standard InChI is InChI=1S/C17H14ClF4N7S/c18-11-2-1-3-12(19)10(11)9-30(14-4-6-24-25-14)15(26-27-16(30)23)8-29-7-5-13(28-29)17(20,21)22/h1-8,26H,9H2,(H2,23,27)(H,24,25). The number of rotatable bonds is 4. The molecule has 1 atom stereocenters. The molecule has 2 aromatic heterocycles. The monoisotopic (exact) mass is 459 g/mol. The number of aromatic amines is 1. The van der Waals surface area contributed by atoms with Crippen LogP contribution in [0.5, 0.6) is 0 Å². The molecule has 1 aliphatic rings. The molecule has 0 fully saturated rings. The van der Waals surface area contributed by atoms with E-state index in [0.717, 1.165) is 16.9 Å². The lowest BCUT2D eigenvalue weighted by atomic mass is 10.2. The Kier molecular flexibility index (Phi) is 4.98. The van der Waals surface area contributed by atoms with Gasteiger partial charge in [0.15, 0.2) is 10.9 Å². The highest BCUT2D eigenvalue weighted by molar-refractivity contribution is 8.47. The Balaban J connectivity index is 1.85. The highest BCUT2D eigenvalue weighted by Gasteiger charge is 2.42. The second-order valence-electron chi connectivity index (χ2n) is 6.24. The highest BCUT2D eigenvalue weighted by Crippen LogP contribution is 2.65. The average molecular weight is 460 g/mol. The van der Waals surface area contributed by atoms with Crippen LogP contribution in [0.2, 0.25) is 5.02 Å². The van der Waals surface area contributed by atoms with Crippen molar-refractivity contribution in [3.63, 3.8) is 0 Å². The molecule has 158 valence electrons. The van der Waals surface area contributed by atoms with Crippen LogP contribution in [0.4, 0.5) is 17.6 Å². The summed E-state index contributed by atoms with van der Waals surface area (Å²) in [5.41, 5.74) is 8.13. The van der Waals surface area contributed by atoms with Crippen LogP contribution in [0.1, 0.15) is 11.3 Å². The van der Waals surface area contributed by atoms with E-state index in [1.807, 2.05) is 0 Å². The van der Waals surface area contributed by atoms with Gasteiger partial charge in [-0.05, 0) is 24.3 Å². The molecule has 0 aliphatic carbocycles. The summed E-state index contributed by atoms with van der Waals surface area (Å²) >= 11 is 6.22. The van der Waals surface area contributed by atoms with Crippen molar-refractivity contribution in [3.8, 4) is 0 Å². The van der Waals surface area contributed by atoms with E-state index in [0.29, 0.717) is 10.1 Å². The molecule has 7 nitrogen and oxygen atoms in total. The molecule has 1 aromatic carbocycles. The Labute approximate surface area is 173 Å². The van der Waals surface area contributed by atoms with Gasteiger partial charge in [-0.1, -0.05) is 27.7 Å². The van der Waals surface area contributed by atoms with Crippen LogP contribution >= 0.6 is 21.6 Å². The summed E-state index contributed by atoms with van der Waals surface area (Å²) in [7, 11) is -2.45. The number of aromatic nitrogens is 4. The van der Waals surface area contributed by atoms with Gasteiger partial charge in [0.2, 0.25) is 0 Å². The molecule has 3 heterocycles. The summed E-state index contributed by atoms with van der Waals surface area (Å²) in [5.74, 6) is -0.520. The molecule has 1 aliphatic heterocycles. The summed E-state index contributed by atoms with van der Waals surface area (Å²) < 4.78 is 54.3. The summed E-state index contributed by atoms with van der Waals surface area (Å²) in [5, 5.41) is 15.6. The summed E-state index contributed by atoms with van der Waals surface area (Å²) in [6, 6.07) is 6.78. The zero-order valence-corrected chi connectivity index (χ0v) is 16.6. The van der Waals surface area contributed by atoms with Crippen molar-refractivity contribution in [1.29, 1.82) is 0 Å². The molecule has 0 saturated heterocycles. The van der Waals surface area contributed by atoms with Crippen molar-refractivity contribution in [2.75, 3.05) is 0 Å². The molecule has 0 spiro atoms. The second kappa shape index (κ2) is 7.36. The van der Waals surface area contributed by atoms with Crippen molar-refractivity contribution < 1.29 is 17.6 Å². The van der Waals surface area contributed by atoms with E-state index in [2.05, 4.69) is 25.8 Å². The Morgan fingerprint density at radius 2 is 2.03 bits per heavy atom. The van der Waals surface area contributed by atoms with Crippen LogP contribution in [-0.2, 0) is 11.9 Å². The Bertz CT molecular complexity index is 1120. The van der Waals surface area contributed by atoms with E-state index in [-0.39, 0.29) is 21.5 Å². The zero-order valence-electron chi connectivity index (χ0n) is 15.0. The van der Waals surface area contributed by atoms with Crippen LogP contribution in [-0.4, -0.2) is 25.1 Å². The number of halogens is 5. The van der Waals surface area contributed by atoms with Crippen molar-refractivity contribution in [1.82, 2.24) is 25.4 Å². The molecule has 0 amide bonds. The Morgan fingerprint density at radius 3 is 2.67 bits per heavy atom. The number of nitrogens with two attached hydrogens (primary N) is 1. The Hall–Kier alpha value is -2.99. The number of H-pyrrole nitrogens is 1. The maximum Gasteiger partial charge on any atom is 0.435 e. The van der Waals surface area contributed by atoms with E-state index in [1.54, 1.807) is 12.1 Å². The lowest BCUT2D eigenvalue weighted by Gasteiger charge is -2.34. The minimum Gasteiger partial charge on any atom is -0.377 e. The number of hydrogen-bond acceptors (Lipinski definition) is 5. The first kappa shape index (κ1) is 20.3. The fraction of sp³-hybridized carbons (Fsp3) is 0.118. The summed E-state index contributed by atoms with van der Waals surface area (Å²) in [6.07, 6.45) is -0.606. The van der Waals surface area contributed by atoms with Crippen LogP contribution in [0.15, 0.2) is 57.9 Å². The van der Waals surface area contributed by atoms with Gasteiger partial charge in [0, 0.05) is 28.7 Å². The van der Waals surface area contributed by atoms with E-state index in [4.69, 9.17) is 17.3 Å². The van der Waals surface area contributed by atoms with Crippen LogP contribution in [0, 0.1) is 5.82 Å². The number of hydrogen-bond donors (Lipinski definition) is 3. The molecule has 4 N–H and O–H groups in total. The van der Waals surface area contributed by atoms with Crippen molar-refractivity contribution >= 4 is 33.0 Å². The first-order valence-electron chi connectivity index (χ1n) is 8.38. The van der Waals surface area contributed by atoms with E-state index >= 15 is 0 Å². The largest absolute Gasteiger partial charge is 0.435 e. The lowest BCUT2D eigenvalue weighted by molar-refractivity contribution is -0.141. The normalized spacial score (nSPS) is 22.6. The van der Waals surface area contributed by atoms with E-state index in [1.165, 1.54) is 24.5 Å². The van der Waals surface area contributed by atoms with E-state index < -0.39 is 27.7 Å². The van der Waals surface area contributed by atoms with Crippen LogP contribution in [0.3, 0.4) is 0 Å². The predicted octanol–water partition coefficient (Wildman–Crippen LogP) is 4.07. The Morgan fingerprint density at radius 1 is 1.23 bits per heavy atom. The van der Waals surface area contributed by atoms with Gasteiger partial charge in [-0.2, -0.15) is 28.5 Å². The molecule has 30 heavy (non-hydrogen) atoms. The van der Waals surface area contributed by atoms with Gasteiger partial charge >= 0.3 is 6.18 Å². The summed E-state index contributed by atoms with van der Waals surface area (Å²) in [4.78, 5) is 0. The van der Waals surface area contributed by atoms with Crippen molar-refractivity contribution in [3.05, 3.63) is 69.9 Å². The van der Waals surface area contributed by atoms with Crippen molar-refractivity contribution in [2.45, 2.75) is 17.0 Å². The lowest BCUT2D eigenvalue weighted by Crippen LogP contribution is -2.22. The third-order valence-corrected chi connectivity index (χ3v) is 8.24. The molecular weight excluding hydrogens is 446 g/mol. The maximum absolute atomic E-state index is 14.6. The number of amidine groups is 1. The average Bonchev–Trinajstić information content (AvgIpc) is 3.41. The third-order valence-electron chi connectivity index (χ3n) is 4.43. The minimum absolute atomic E-state index is 0.0161. The highest BCUT2D eigenvalue weighted by atomic mass is 35.5. The van der Waals surface area contributed by atoms with Crippen LogP contribution in [0.25, 0.3) is 6.20 Å². The number of nitrogens with zero attached hydrogens (tertiary/aromatic N) is 4. The molecule has 0 bridgehead atoms. The summed E-state index contributed by atoms with van der Waals surface area (Å²) in [6.45, 7) is 0. The SMILES string of the molecule is NC1=NNC(=Cn2ccc(C(F)(F)F)n2)S1(Cc1c(F)cccc1Cl)c1ccn[nH]1. The van der Waals surface area contributed by atoms with Gasteiger partial charge in [0.05, 0.1) is 11.2 Å². The van der Waals surface area contributed by atoms with E-state index in [9.17, 15) is 17.6 Å². The van der Waals surface area contributed by atoms with Gasteiger partial charge in [-0.3, -0.25) is 10.5 Å². The first-order valence-corrected chi connectivity index (χ1v) is 10.6. The number of hydrazone groups is 1. The molecule has 1 unspecified atom stereocenters. The first-order chi connectivity index (χ1) is 14.2. The fourth-order valence-electron chi connectivity index (χ4n) is 2.96. The zero-order chi connectivity index (χ0) is 21.5. The van der Waals surface area contributed by atoms with Crippen molar-refractivity contribution in [2.24, 2.45) is 10.8 Å². The maximum atomic E-state index is 14.6. The predicted molar refractivity (Wildman–Crippen MR) is 106 cm³/mol. The third kappa shape index (κ3) is 3.41. The van der Waals surface area contributed by atoms with Gasteiger partial charge < -0.3 is 5.73 Å². The number of nitrogens with one attached hydrogen (secondary N) is 2. The quantitative estimate of drug-likeness (QED) is 0.512. The molecule has 3 aromatic rings. The number of alkyl halides is 3. The van der Waals surface area contributed by atoms with Gasteiger partial charge in [0.25, 0.3) is 0 Å².